The Morgan fingerprint density at radius 2 is 1.44 bits per heavy atom. The molecule has 1 unspecified atom stereocenters. The highest BCUT2D eigenvalue weighted by Crippen LogP contribution is 2.14. The first-order chi connectivity index (χ1) is 12.0. The van der Waals surface area contributed by atoms with E-state index in [4.69, 9.17) is 14.2 Å². The van der Waals surface area contributed by atoms with Crippen LogP contribution in [0.1, 0.15) is 78.6 Å². The zero-order chi connectivity index (χ0) is 18.9. The molecule has 0 radical (unpaired) electrons. The fourth-order valence-electron chi connectivity index (χ4n) is 2.42. The Kier molecular flexibility index (Phi) is 15.7. The SMILES string of the molecule is CCCCC(CCOC)COC(=O)CCCCCC(=O)OCC(C)C. The van der Waals surface area contributed by atoms with Gasteiger partial charge in [0.2, 0.25) is 0 Å². The average molecular weight is 359 g/mol. The van der Waals surface area contributed by atoms with E-state index >= 15 is 0 Å². The van der Waals surface area contributed by atoms with Crippen molar-refractivity contribution in [2.24, 2.45) is 11.8 Å². The van der Waals surface area contributed by atoms with Crippen LogP contribution in [0.2, 0.25) is 0 Å². The molecule has 0 N–H and O–H groups in total. The van der Waals surface area contributed by atoms with Crippen molar-refractivity contribution in [2.45, 2.75) is 78.6 Å². The largest absolute Gasteiger partial charge is 0.465 e. The lowest BCUT2D eigenvalue weighted by atomic mass is 10.00. The maximum Gasteiger partial charge on any atom is 0.305 e. The third-order valence-corrected chi connectivity index (χ3v) is 4.02. The Morgan fingerprint density at radius 3 is 1.96 bits per heavy atom. The normalized spacial score (nSPS) is 12.2. The van der Waals surface area contributed by atoms with Gasteiger partial charge in [-0.25, -0.2) is 0 Å². The van der Waals surface area contributed by atoms with Crippen LogP contribution in [0.3, 0.4) is 0 Å². The molecule has 1 atom stereocenters. The Morgan fingerprint density at radius 1 is 0.840 bits per heavy atom. The van der Waals surface area contributed by atoms with Crippen LogP contribution >= 0.6 is 0 Å². The monoisotopic (exact) mass is 358 g/mol. The summed E-state index contributed by atoms with van der Waals surface area (Å²) in [6.45, 7) is 7.87. The molecule has 0 rings (SSSR count). The predicted molar refractivity (Wildman–Crippen MR) is 99.3 cm³/mol. The molecule has 0 aromatic rings. The molecule has 0 saturated carbocycles. The van der Waals surface area contributed by atoms with Gasteiger partial charge in [0.1, 0.15) is 0 Å². The van der Waals surface area contributed by atoms with E-state index in [1.807, 2.05) is 13.8 Å². The fraction of sp³-hybridized carbons (Fsp3) is 0.900. The Bertz CT molecular complexity index is 333. The van der Waals surface area contributed by atoms with Gasteiger partial charge < -0.3 is 14.2 Å². The van der Waals surface area contributed by atoms with Crippen LogP contribution in [0.5, 0.6) is 0 Å². The molecule has 5 nitrogen and oxygen atoms in total. The van der Waals surface area contributed by atoms with Crippen molar-refractivity contribution in [1.82, 2.24) is 0 Å². The number of esters is 2. The molecule has 0 spiro atoms. The maximum absolute atomic E-state index is 11.8. The summed E-state index contributed by atoms with van der Waals surface area (Å²) in [5.74, 6) is 0.470. The zero-order valence-corrected chi connectivity index (χ0v) is 16.7. The van der Waals surface area contributed by atoms with Gasteiger partial charge in [0, 0.05) is 26.6 Å². The number of hydrogen-bond donors (Lipinski definition) is 0. The van der Waals surface area contributed by atoms with Gasteiger partial charge in [-0.05, 0) is 37.5 Å². The lowest BCUT2D eigenvalue weighted by Crippen LogP contribution is -2.16. The number of ether oxygens (including phenoxy) is 3. The Hall–Kier alpha value is -1.10. The van der Waals surface area contributed by atoms with Gasteiger partial charge in [-0.1, -0.05) is 40.0 Å². The molecule has 0 aromatic carbocycles. The van der Waals surface area contributed by atoms with Crippen molar-refractivity contribution in [3.8, 4) is 0 Å². The van der Waals surface area contributed by atoms with Crippen molar-refractivity contribution in [1.29, 1.82) is 0 Å². The van der Waals surface area contributed by atoms with Gasteiger partial charge >= 0.3 is 11.9 Å². The summed E-state index contributed by atoms with van der Waals surface area (Å²) in [5, 5.41) is 0. The van der Waals surface area contributed by atoms with E-state index in [-0.39, 0.29) is 11.9 Å². The summed E-state index contributed by atoms with van der Waals surface area (Å²) in [6, 6.07) is 0. The number of hydrogen-bond acceptors (Lipinski definition) is 5. The van der Waals surface area contributed by atoms with Gasteiger partial charge in [0.25, 0.3) is 0 Å². The van der Waals surface area contributed by atoms with Crippen molar-refractivity contribution in [2.75, 3.05) is 26.9 Å². The second kappa shape index (κ2) is 16.4. The molecule has 0 aliphatic rings. The maximum atomic E-state index is 11.8. The minimum absolute atomic E-state index is 0.138. The van der Waals surface area contributed by atoms with Crippen molar-refractivity contribution in [3.05, 3.63) is 0 Å². The number of unbranched alkanes of at least 4 members (excludes halogenated alkanes) is 3. The predicted octanol–water partition coefficient (Wildman–Crippen LogP) is 4.52. The van der Waals surface area contributed by atoms with Crippen LogP contribution in [0.4, 0.5) is 0 Å². The van der Waals surface area contributed by atoms with Crippen LogP contribution < -0.4 is 0 Å². The molecular formula is C20H38O5. The van der Waals surface area contributed by atoms with Crippen molar-refractivity contribution >= 4 is 11.9 Å². The number of methoxy groups -OCH3 is 1. The van der Waals surface area contributed by atoms with E-state index in [1.54, 1.807) is 7.11 Å². The molecule has 0 aliphatic carbocycles. The lowest BCUT2D eigenvalue weighted by molar-refractivity contribution is -0.145. The van der Waals surface area contributed by atoms with Gasteiger partial charge in [-0.3, -0.25) is 9.59 Å². The minimum atomic E-state index is -0.145. The van der Waals surface area contributed by atoms with Crippen molar-refractivity contribution < 1.29 is 23.8 Å². The molecular weight excluding hydrogens is 320 g/mol. The van der Waals surface area contributed by atoms with E-state index in [0.29, 0.717) is 44.5 Å². The highest BCUT2D eigenvalue weighted by Gasteiger charge is 2.12. The van der Waals surface area contributed by atoms with Crippen LogP contribution in [0.25, 0.3) is 0 Å². The molecule has 0 bridgehead atoms. The van der Waals surface area contributed by atoms with Crippen LogP contribution in [0, 0.1) is 11.8 Å². The third-order valence-electron chi connectivity index (χ3n) is 4.02. The molecule has 5 heteroatoms. The minimum Gasteiger partial charge on any atom is -0.465 e. The van der Waals surface area contributed by atoms with E-state index in [9.17, 15) is 9.59 Å². The number of carbonyl (C=O) groups excluding carboxylic acids is 2. The van der Waals surface area contributed by atoms with Gasteiger partial charge in [-0.2, -0.15) is 0 Å². The fourth-order valence-corrected chi connectivity index (χ4v) is 2.42. The summed E-state index contributed by atoms with van der Waals surface area (Å²) >= 11 is 0. The molecule has 0 aliphatic heterocycles. The average Bonchev–Trinajstić information content (AvgIpc) is 2.58. The summed E-state index contributed by atoms with van der Waals surface area (Å²) in [6.07, 6.45) is 7.52. The van der Waals surface area contributed by atoms with Gasteiger partial charge in [0.15, 0.2) is 0 Å². The lowest BCUT2D eigenvalue weighted by Gasteiger charge is -2.16. The highest BCUT2D eigenvalue weighted by molar-refractivity contribution is 5.69. The molecule has 0 heterocycles. The van der Waals surface area contributed by atoms with Gasteiger partial charge in [0.05, 0.1) is 13.2 Å². The third kappa shape index (κ3) is 16.1. The molecule has 0 fully saturated rings. The molecule has 25 heavy (non-hydrogen) atoms. The van der Waals surface area contributed by atoms with E-state index in [0.717, 1.165) is 44.9 Å². The molecule has 148 valence electrons. The van der Waals surface area contributed by atoms with E-state index in [1.165, 1.54) is 0 Å². The summed E-state index contributed by atoms with van der Waals surface area (Å²) in [5.41, 5.74) is 0. The molecule has 0 saturated heterocycles. The standard InChI is InChI=1S/C20H38O5/c1-5-6-10-18(13-14-23-4)16-25-20(22)12-9-7-8-11-19(21)24-15-17(2)3/h17-18H,5-16H2,1-4H3. The molecule has 0 aromatic heterocycles. The second-order valence-electron chi connectivity index (χ2n) is 7.11. The second-order valence-corrected chi connectivity index (χ2v) is 7.11. The Balaban J connectivity index is 3.71. The number of carbonyl (C=O) groups is 2. The van der Waals surface area contributed by atoms with Crippen LogP contribution in [0.15, 0.2) is 0 Å². The zero-order valence-electron chi connectivity index (χ0n) is 16.7. The van der Waals surface area contributed by atoms with Crippen LogP contribution in [-0.2, 0) is 23.8 Å². The first-order valence-electron chi connectivity index (χ1n) is 9.79. The smallest absolute Gasteiger partial charge is 0.305 e. The quantitative estimate of drug-likeness (QED) is 0.300. The van der Waals surface area contributed by atoms with E-state index < -0.39 is 0 Å². The first kappa shape index (κ1) is 23.9. The highest BCUT2D eigenvalue weighted by atomic mass is 16.5. The first-order valence-corrected chi connectivity index (χ1v) is 9.79. The van der Waals surface area contributed by atoms with Crippen LogP contribution in [-0.4, -0.2) is 38.9 Å². The summed E-state index contributed by atoms with van der Waals surface area (Å²) in [4.78, 5) is 23.3. The Labute approximate surface area is 153 Å². The topological polar surface area (TPSA) is 61.8 Å². The van der Waals surface area contributed by atoms with Crippen molar-refractivity contribution in [3.63, 3.8) is 0 Å². The summed E-state index contributed by atoms with van der Waals surface area (Å²) < 4.78 is 15.6. The van der Waals surface area contributed by atoms with Gasteiger partial charge in [-0.15, -0.1) is 0 Å². The number of rotatable bonds is 16. The van der Waals surface area contributed by atoms with E-state index in [2.05, 4.69) is 6.92 Å². The molecule has 0 amide bonds. The summed E-state index contributed by atoms with van der Waals surface area (Å²) in [7, 11) is 1.70.